The summed E-state index contributed by atoms with van der Waals surface area (Å²) >= 11 is 6.37. The fourth-order valence-electron chi connectivity index (χ4n) is 4.50. The van der Waals surface area contributed by atoms with Gasteiger partial charge < -0.3 is 24.3 Å². The van der Waals surface area contributed by atoms with Gasteiger partial charge in [-0.15, -0.1) is 0 Å². The molecule has 2 aliphatic rings. The van der Waals surface area contributed by atoms with E-state index in [1.54, 1.807) is 6.33 Å². The van der Waals surface area contributed by atoms with Crippen LogP contribution in [-0.2, 0) is 6.42 Å². The Hall–Kier alpha value is -2.98. The molecule has 2 aromatic rings. The number of halogens is 3. The zero-order valence-electron chi connectivity index (χ0n) is 20.5. The molecule has 0 bridgehead atoms. The van der Waals surface area contributed by atoms with Gasteiger partial charge in [0.05, 0.1) is 12.0 Å². The first-order valence-corrected chi connectivity index (χ1v) is 12.4. The molecule has 0 saturated heterocycles. The molecule has 0 radical (unpaired) electrons. The minimum Gasteiger partial charge on any atom is -0.432 e. The second kappa shape index (κ2) is 11.0. The number of unbranched alkanes of at least 4 members (excludes halogenated alkanes) is 1. The van der Waals surface area contributed by atoms with Crippen LogP contribution in [0, 0.1) is 0 Å². The summed E-state index contributed by atoms with van der Waals surface area (Å²) in [4.78, 5) is 28.5. The monoisotopic (exact) mass is 521 g/mol. The van der Waals surface area contributed by atoms with Crippen molar-refractivity contribution in [3.63, 3.8) is 0 Å². The third-order valence-corrected chi connectivity index (χ3v) is 6.80. The number of rotatable bonds is 7. The lowest BCUT2D eigenvalue weighted by atomic mass is 9.92. The number of H-pyrrole nitrogens is 1. The average molecular weight is 522 g/mol. The number of carbonyl (C=O) groups excluding carboxylic acids is 1. The lowest BCUT2D eigenvalue weighted by Crippen LogP contribution is -2.41. The number of aromatic nitrogens is 3. The minimum absolute atomic E-state index is 0.259. The van der Waals surface area contributed by atoms with E-state index in [-0.39, 0.29) is 12.4 Å². The van der Waals surface area contributed by atoms with Crippen molar-refractivity contribution in [2.75, 3.05) is 13.6 Å². The number of aliphatic hydroxyl groups excluding tert-OH is 1. The topological polar surface area (TPSA) is 98.5 Å². The highest BCUT2D eigenvalue weighted by molar-refractivity contribution is 6.29. The molecule has 11 heteroatoms. The van der Waals surface area contributed by atoms with Gasteiger partial charge in [0.2, 0.25) is 11.7 Å². The van der Waals surface area contributed by atoms with Gasteiger partial charge in [0, 0.05) is 31.4 Å². The largest absolute Gasteiger partial charge is 0.432 e. The highest BCUT2D eigenvalue weighted by atomic mass is 35.5. The lowest BCUT2D eigenvalue weighted by Gasteiger charge is -2.36. The molecule has 4 rings (SSSR count). The third-order valence-electron chi connectivity index (χ3n) is 6.40. The molecule has 2 atom stereocenters. The molecule has 0 spiro atoms. The molecule has 1 unspecified atom stereocenters. The van der Waals surface area contributed by atoms with E-state index >= 15 is 0 Å². The zero-order chi connectivity index (χ0) is 26.0. The van der Waals surface area contributed by atoms with Crippen molar-refractivity contribution in [3.05, 3.63) is 69.7 Å². The second-order valence-corrected chi connectivity index (χ2v) is 9.30. The number of alkyl halides is 2. The summed E-state index contributed by atoms with van der Waals surface area (Å²) < 4.78 is 33.0. The van der Waals surface area contributed by atoms with Gasteiger partial charge in [-0.3, -0.25) is 4.79 Å². The van der Waals surface area contributed by atoms with Crippen molar-refractivity contribution < 1.29 is 23.1 Å². The van der Waals surface area contributed by atoms with E-state index in [2.05, 4.69) is 28.0 Å². The first-order valence-electron chi connectivity index (χ1n) is 12.0. The fraction of sp³-hybridized carbons (Fsp3) is 0.480. The number of hydrogen-bond donors (Lipinski definition) is 2. The summed E-state index contributed by atoms with van der Waals surface area (Å²) in [6.45, 7) is 3.65. The molecule has 8 nitrogen and oxygen atoms in total. The Morgan fingerprint density at radius 3 is 2.89 bits per heavy atom. The summed E-state index contributed by atoms with van der Waals surface area (Å²) in [5.74, 6) is -1.61. The van der Waals surface area contributed by atoms with Crippen molar-refractivity contribution in [1.29, 1.82) is 0 Å². The minimum atomic E-state index is -3.04. The second-order valence-electron chi connectivity index (χ2n) is 8.91. The van der Waals surface area contributed by atoms with Gasteiger partial charge in [-0.05, 0) is 43.9 Å². The fourth-order valence-corrected chi connectivity index (χ4v) is 4.71. The number of amides is 1. The number of hydrogen-bond acceptors (Lipinski definition) is 6. The first kappa shape index (κ1) is 26.1. The van der Waals surface area contributed by atoms with Crippen LogP contribution in [-0.4, -0.2) is 49.4 Å². The lowest BCUT2D eigenvalue weighted by molar-refractivity contribution is 0.0634. The molecule has 0 aromatic carbocycles. The number of fused-ring (bicyclic) bond motifs is 1. The normalized spacial score (nSPS) is 20.7. The van der Waals surface area contributed by atoms with Crippen LogP contribution >= 0.6 is 11.6 Å². The molecule has 36 heavy (non-hydrogen) atoms. The number of aliphatic hydroxyl groups is 1. The van der Waals surface area contributed by atoms with Crippen molar-refractivity contribution >= 4 is 17.5 Å². The van der Waals surface area contributed by atoms with E-state index in [1.807, 2.05) is 24.1 Å². The van der Waals surface area contributed by atoms with Crippen molar-refractivity contribution in [1.82, 2.24) is 24.8 Å². The van der Waals surface area contributed by atoms with Crippen LogP contribution in [0.15, 0.2) is 45.4 Å². The van der Waals surface area contributed by atoms with Gasteiger partial charge in [-0.25, -0.2) is 18.7 Å². The van der Waals surface area contributed by atoms with Crippen LogP contribution in [0.25, 0.3) is 0 Å². The Balaban J connectivity index is 1.81. The number of aromatic amines is 1. The Labute approximate surface area is 213 Å². The molecule has 2 aromatic heterocycles. The maximum absolute atomic E-state index is 13.8. The van der Waals surface area contributed by atoms with Gasteiger partial charge in [0.1, 0.15) is 17.3 Å². The van der Waals surface area contributed by atoms with Gasteiger partial charge in [-0.1, -0.05) is 31.0 Å². The highest BCUT2D eigenvalue weighted by Crippen LogP contribution is 2.39. The third kappa shape index (κ3) is 5.10. The molecular formula is C25H30ClF2N5O3. The van der Waals surface area contributed by atoms with Gasteiger partial charge in [0.25, 0.3) is 12.3 Å². The summed E-state index contributed by atoms with van der Waals surface area (Å²) in [5, 5.41) is 10.4. The van der Waals surface area contributed by atoms with E-state index in [1.165, 1.54) is 11.8 Å². The quantitative estimate of drug-likeness (QED) is 0.464. The number of oxazole rings is 1. The van der Waals surface area contributed by atoms with E-state index in [0.717, 1.165) is 42.6 Å². The number of carbonyl (C=O) groups is 1. The summed E-state index contributed by atoms with van der Waals surface area (Å²) in [6, 6.07) is -0.629. The standard InChI is InChI=1S/C25H30ClF2N5O3/c1-4-5-7-15(12-16-8-6-9-18(26)32(16)3)21-19-17(29-13-30-19)10-11-33(21)25(35)22-20(23(27)28)31-24(36-22)14(2)34/h7,9,12-14,21,23,34H,4-6,8,10-11H2,1-3H3,(H,29,30)/b15-7+,16-12-/t14?,21-/m1/s1. The van der Waals surface area contributed by atoms with Crippen molar-refractivity contribution in [2.24, 2.45) is 0 Å². The number of imidazole rings is 1. The maximum atomic E-state index is 13.8. The van der Waals surface area contributed by atoms with E-state index < -0.39 is 35.9 Å². The van der Waals surface area contributed by atoms with Crippen LogP contribution in [0.2, 0.25) is 0 Å². The van der Waals surface area contributed by atoms with Crippen molar-refractivity contribution in [3.8, 4) is 0 Å². The van der Waals surface area contributed by atoms with E-state index in [0.29, 0.717) is 17.3 Å². The predicted molar refractivity (Wildman–Crippen MR) is 130 cm³/mol. The Morgan fingerprint density at radius 2 is 2.19 bits per heavy atom. The highest BCUT2D eigenvalue weighted by Gasteiger charge is 2.39. The number of allylic oxidation sites excluding steroid dienone is 3. The molecule has 0 saturated carbocycles. The molecule has 0 aliphatic carbocycles. The number of nitrogens with zero attached hydrogens (tertiary/aromatic N) is 4. The Kier molecular flexibility index (Phi) is 7.94. The first-order chi connectivity index (χ1) is 17.2. The molecule has 194 valence electrons. The summed E-state index contributed by atoms with van der Waals surface area (Å²) in [5.41, 5.74) is 2.56. The maximum Gasteiger partial charge on any atom is 0.292 e. The van der Waals surface area contributed by atoms with Crippen LogP contribution in [0.1, 0.15) is 91.6 Å². The molecule has 2 aliphatic heterocycles. The molecular weight excluding hydrogens is 492 g/mol. The van der Waals surface area contributed by atoms with Crippen LogP contribution in [0.5, 0.6) is 0 Å². The van der Waals surface area contributed by atoms with Gasteiger partial charge in [0.15, 0.2) is 5.69 Å². The Morgan fingerprint density at radius 1 is 1.42 bits per heavy atom. The van der Waals surface area contributed by atoms with Crippen LogP contribution < -0.4 is 0 Å². The summed E-state index contributed by atoms with van der Waals surface area (Å²) in [6.07, 6.45) is 6.98. The van der Waals surface area contributed by atoms with Gasteiger partial charge >= 0.3 is 0 Å². The van der Waals surface area contributed by atoms with Crippen LogP contribution in [0.4, 0.5) is 8.78 Å². The van der Waals surface area contributed by atoms with E-state index in [4.69, 9.17) is 16.0 Å². The SMILES string of the molecule is CCC/C=C(\C=C1\CCC=C(Cl)N1C)[C@@H]1c2nc[nH]c2CCN1C(=O)c1oc(C(C)O)nc1C(F)F. The average Bonchev–Trinajstić information content (AvgIpc) is 3.51. The van der Waals surface area contributed by atoms with Crippen LogP contribution in [0.3, 0.4) is 0 Å². The molecule has 4 heterocycles. The molecule has 0 fully saturated rings. The summed E-state index contributed by atoms with van der Waals surface area (Å²) in [7, 11) is 1.88. The molecule has 1 amide bonds. The predicted octanol–water partition coefficient (Wildman–Crippen LogP) is 5.54. The zero-order valence-corrected chi connectivity index (χ0v) is 21.2. The van der Waals surface area contributed by atoms with Gasteiger partial charge in [-0.2, -0.15) is 0 Å². The van der Waals surface area contributed by atoms with E-state index in [9.17, 15) is 18.7 Å². The van der Waals surface area contributed by atoms with Crippen molar-refractivity contribution in [2.45, 2.75) is 64.5 Å². The smallest absolute Gasteiger partial charge is 0.292 e. The number of nitrogens with one attached hydrogen (secondary N) is 1. The Bertz CT molecular complexity index is 1200. The molecule has 2 N–H and O–H groups in total.